The van der Waals surface area contributed by atoms with E-state index < -0.39 is 22.1 Å². The lowest BCUT2D eigenvalue weighted by Gasteiger charge is -2.26. The van der Waals surface area contributed by atoms with E-state index in [2.05, 4.69) is 15.6 Å². The van der Waals surface area contributed by atoms with Crippen LogP contribution in [-0.2, 0) is 4.79 Å². The molecule has 1 atom stereocenters. The number of alkyl halides is 2. The minimum Gasteiger partial charge on any atom is -0.325 e. The molecule has 0 aliphatic heterocycles. The number of benzene rings is 3. The zero-order valence-corrected chi connectivity index (χ0v) is 23.6. The Kier molecular flexibility index (Phi) is 8.27. The van der Waals surface area contributed by atoms with Crippen molar-refractivity contribution < 1.29 is 9.59 Å². The third-order valence-corrected chi connectivity index (χ3v) is 7.50. The van der Waals surface area contributed by atoms with Gasteiger partial charge in [-0.15, -0.1) is 23.2 Å². The molecule has 0 saturated heterocycles. The van der Waals surface area contributed by atoms with E-state index in [4.69, 9.17) is 69.6 Å². The van der Waals surface area contributed by atoms with Crippen LogP contribution in [0.25, 0.3) is 10.2 Å². The van der Waals surface area contributed by atoms with Crippen LogP contribution in [0.2, 0.25) is 20.1 Å². The van der Waals surface area contributed by atoms with Gasteiger partial charge in [-0.25, -0.2) is 4.98 Å². The number of nitrogens with one attached hydrogen (secondary N) is 2. The third-order valence-electron chi connectivity index (χ3n) is 5.06. The number of fused-ring (bicyclic) bond motifs is 1. The SMILES string of the molecule is CC(Cl)(Cl)C(C(=O)Nc1ccc(Cl)c(C(=O)Nc2nc3c(Cl)cccc3s2)c1)c1cc(Cl)cc(Cl)c1. The average molecular weight is 622 g/mol. The smallest absolute Gasteiger partial charge is 0.259 e. The molecular weight excluding hydrogens is 607 g/mol. The summed E-state index contributed by atoms with van der Waals surface area (Å²) in [6, 6.07) is 14.5. The van der Waals surface area contributed by atoms with Gasteiger partial charge in [0.05, 0.1) is 26.2 Å². The van der Waals surface area contributed by atoms with Crippen LogP contribution in [-0.4, -0.2) is 21.1 Å². The molecule has 1 aromatic heterocycles. The number of hydrogen-bond acceptors (Lipinski definition) is 4. The van der Waals surface area contributed by atoms with Gasteiger partial charge in [0, 0.05) is 15.7 Å². The van der Waals surface area contributed by atoms with Gasteiger partial charge in [-0.1, -0.05) is 63.8 Å². The predicted molar refractivity (Wildman–Crippen MR) is 152 cm³/mol. The zero-order valence-electron chi connectivity index (χ0n) is 18.2. The summed E-state index contributed by atoms with van der Waals surface area (Å²) < 4.78 is -0.680. The number of rotatable bonds is 6. The molecule has 0 radical (unpaired) electrons. The number of anilines is 2. The van der Waals surface area contributed by atoms with E-state index >= 15 is 0 Å². The first kappa shape index (κ1) is 27.3. The second-order valence-electron chi connectivity index (χ2n) is 7.84. The Bertz CT molecular complexity index is 1460. The van der Waals surface area contributed by atoms with Crippen LogP contribution in [0, 0.1) is 0 Å². The molecule has 0 aliphatic rings. The highest BCUT2D eigenvalue weighted by Gasteiger charge is 2.38. The Labute approximate surface area is 240 Å². The van der Waals surface area contributed by atoms with Crippen molar-refractivity contribution in [2.24, 2.45) is 0 Å². The van der Waals surface area contributed by atoms with Crippen LogP contribution < -0.4 is 10.6 Å². The quantitative estimate of drug-likeness (QED) is 0.211. The van der Waals surface area contributed by atoms with E-state index in [-0.39, 0.29) is 10.6 Å². The molecule has 1 unspecified atom stereocenters. The molecule has 0 aliphatic carbocycles. The first-order chi connectivity index (χ1) is 16.9. The summed E-state index contributed by atoms with van der Waals surface area (Å²) in [6.45, 7) is 1.49. The van der Waals surface area contributed by atoms with Crippen LogP contribution in [0.1, 0.15) is 28.8 Å². The number of para-hydroxylation sites is 1. The van der Waals surface area contributed by atoms with Crippen LogP contribution in [0.15, 0.2) is 54.6 Å². The fourth-order valence-electron chi connectivity index (χ4n) is 3.54. The topological polar surface area (TPSA) is 71.1 Å². The summed E-state index contributed by atoms with van der Waals surface area (Å²) in [6.07, 6.45) is 0. The second kappa shape index (κ2) is 10.9. The van der Waals surface area contributed by atoms with Gasteiger partial charge < -0.3 is 5.32 Å². The molecule has 0 spiro atoms. The van der Waals surface area contributed by atoms with Gasteiger partial charge in [0.25, 0.3) is 5.91 Å². The normalized spacial score (nSPS) is 12.4. The lowest BCUT2D eigenvalue weighted by Crippen LogP contribution is -2.32. The van der Waals surface area contributed by atoms with Crippen LogP contribution in [0.3, 0.4) is 0 Å². The molecule has 186 valence electrons. The Hall–Kier alpha value is -1.77. The standard InChI is InChI=1S/C24H15Cl6N3O2S/c1-24(29,30)19(11-7-12(25)9-13(26)8-11)22(35)31-14-5-6-16(27)15(10-14)21(34)33-23-32-20-17(28)3-2-4-18(20)36-23/h2-10,19H,1H3,(H,31,35)(H,32,33,34). The van der Waals surface area contributed by atoms with Crippen molar-refractivity contribution in [3.05, 3.63) is 85.8 Å². The molecule has 1 heterocycles. The highest BCUT2D eigenvalue weighted by molar-refractivity contribution is 7.22. The lowest BCUT2D eigenvalue weighted by molar-refractivity contribution is -0.117. The molecular formula is C24H15Cl6N3O2S. The van der Waals surface area contributed by atoms with E-state index in [1.807, 2.05) is 6.07 Å². The van der Waals surface area contributed by atoms with E-state index in [0.717, 1.165) is 4.70 Å². The highest BCUT2D eigenvalue weighted by Crippen LogP contribution is 2.40. The van der Waals surface area contributed by atoms with Gasteiger partial charge in [-0.3, -0.25) is 14.9 Å². The zero-order chi connectivity index (χ0) is 26.2. The summed E-state index contributed by atoms with van der Waals surface area (Å²) in [7, 11) is 0. The fraction of sp³-hybridized carbons (Fsp3) is 0.125. The van der Waals surface area contributed by atoms with Crippen LogP contribution in [0.4, 0.5) is 10.8 Å². The molecule has 3 aromatic carbocycles. The molecule has 0 fully saturated rings. The Balaban J connectivity index is 1.59. The maximum absolute atomic E-state index is 13.3. The minimum atomic E-state index is -1.50. The summed E-state index contributed by atoms with van der Waals surface area (Å²) in [5, 5.41) is 7.13. The monoisotopic (exact) mass is 619 g/mol. The number of carbonyl (C=O) groups excluding carboxylic acids is 2. The van der Waals surface area contributed by atoms with Crippen molar-refractivity contribution >= 4 is 114 Å². The number of aromatic nitrogens is 1. The number of hydrogen-bond donors (Lipinski definition) is 2. The summed E-state index contributed by atoms with van der Waals surface area (Å²) in [5.41, 5.74) is 1.45. The Morgan fingerprint density at radius 2 is 1.61 bits per heavy atom. The molecule has 36 heavy (non-hydrogen) atoms. The van der Waals surface area contributed by atoms with Crippen LogP contribution in [0.5, 0.6) is 0 Å². The molecule has 4 aromatic rings. The van der Waals surface area contributed by atoms with Gasteiger partial charge >= 0.3 is 0 Å². The number of halogens is 6. The van der Waals surface area contributed by atoms with Crippen molar-refractivity contribution in [1.29, 1.82) is 0 Å². The fourth-order valence-corrected chi connectivity index (χ4v) is 5.90. The van der Waals surface area contributed by atoms with Crippen molar-refractivity contribution in [1.82, 2.24) is 4.98 Å². The van der Waals surface area contributed by atoms with Gasteiger partial charge in [0.15, 0.2) is 5.13 Å². The maximum atomic E-state index is 13.3. The first-order valence-electron chi connectivity index (χ1n) is 10.2. The van der Waals surface area contributed by atoms with Gasteiger partial charge in [0.1, 0.15) is 9.85 Å². The average Bonchev–Trinajstić information content (AvgIpc) is 3.17. The molecule has 0 saturated carbocycles. The first-order valence-corrected chi connectivity index (χ1v) is 13.3. The summed E-state index contributed by atoms with van der Waals surface area (Å²) in [5.74, 6) is -2.07. The van der Waals surface area contributed by atoms with Gasteiger partial charge in [-0.2, -0.15) is 0 Å². The molecule has 12 heteroatoms. The largest absolute Gasteiger partial charge is 0.325 e. The highest BCUT2D eigenvalue weighted by atomic mass is 35.5. The van der Waals surface area contributed by atoms with Crippen molar-refractivity contribution in [3.63, 3.8) is 0 Å². The second-order valence-corrected chi connectivity index (χ2v) is 12.3. The number of carbonyl (C=O) groups is 2. The van der Waals surface area contributed by atoms with Gasteiger partial charge in [-0.05, 0) is 61.0 Å². The number of thiazole rings is 1. The number of amides is 2. The van der Waals surface area contributed by atoms with E-state index in [1.165, 1.54) is 36.5 Å². The molecule has 4 rings (SSSR count). The maximum Gasteiger partial charge on any atom is 0.259 e. The molecule has 2 N–H and O–H groups in total. The van der Waals surface area contributed by atoms with Crippen molar-refractivity contribution in [2.45, 2.75) is 17.2 Å². The molecule has 5 nitrogen and oxygen atoms in total. The van der Waals surface area contributed by atoms with E-state index in [0.29, 0.717) is 37.0 Å². The lowest BCUT2D eigenvalue weighted by atomic mass is 9.94. The molecule has 2 amide bonds. The van der Waals surface area contributed by atoms with Crippen LogP contribution >= 0.6 is 80.9 Å². The van der Waals surface area contributed by atoms with Crippen molar-refractivity contribution in [3.8, 4) is 0 Å². The Morgan fingerprint density at radius 1 is 0.917 bits per heavy atom. The summed E-state index contributed by atoms with van der Waals surface area (Å²) >= 11 is 38.7. The Morgan fingerprint density at radius 3 is 2.25 bits per heavy atom. The third kappa shape index (κ3) is 6.20. The van der Waals surface area contributed by atoms with E-state index in [9.17, 15) is 9.59 Å². The minimum absolute atomic E-state index is 0.127. The molecule has 0 bridgehead atoms. The predicted octanol–water partition coefficient (Wildman–Crippen LogP) is 9.08. The summed E-state index contributed by atoms with van der Waals surface area (Å²) in [4.78, 5) is 30.6. The van der Waals surface area contributed by atoms with Gasteiger partial charge in [0.2, 0.25) is 5.91 Å². The van der Waals surface area contributed by atoms with Crippen molar-refractivity contribution in [2.75, 3.05) is 10.6 Å². The van der Waals surface area contributed by atoms with E-state index in [1.54, 1.807) is 30.3 Å². The number of nitrogens with zero attached hydrogens (tertiary/aromatic N) is 1.